The van der Waals surface area contributed by atoms with Crippen LogP contribution in [0.5, 0.6) is 17.2 Å². The molecule has 0 spiro atoms. The lowest BCUT2D eigenvalue weighted by atomic mass is 10.1. The van der Waals surface area contributed by atoms with Crippen LogP contribution in [0.1, 0.15) is 24.5 Å². The van der Waals surface area contributed by atoms with Crippen molar-refractivity contribution in [3.8, 4) is 17.2 Å². The zero-order valence-electron chi connectivity index (χ0n) is 11.9. The maximum atomic E-state index is 5.93. The van der Waals surface area contributed by atoms with Crippen molar-refractivity contribution in [2.45, 2.75) is 25.6 Å². The van der Waals surface area contributed by atoms with Gasteiger partial charge in [-0.05, 0) is 43.7 Å². The van der Waals surface area contributed by atoms with Crippen LogP contribution in [-0.4, -0.2) is 6.61 Å². The Balaban J connectivity index is 2.10. The minimum absolute atomic E-state index is 0.742. The van der Waals surface area contributed by atoms with Crippen molar-refractivity contribution in [1.82, 2.24) is 0 Å². The SMILES string of the molecule is CCCOc1ccc(Oc2ccc(C)cc2CBr)cc1. The molecule has 2 aromatic rings. The van der Waals surface area contributed by atoms with Gasteiger partial charge >= 0.3 is 0 Å². The first-order valence-electron chi connectivity index (χ1n) is 6.79. The number of benzene rings is 2. The number of hydrogen-bond acceptors (Lipinski definition) is 2. The maximum absolute atomic E-state index is 5.93. The average Bonchev–Trinajstić information content (AvgIpc) is 2.48. The smallest absolute Gasteiger partial charge is 0.131 e. The van der Waals surface area contributed by atoms with Crippen molar-refractivity contribution in [3.63, 3.8) is 0 Å². The number of halogens is 1. The predicted molar refractivity (Wildman–Crippen MR) is 86.1 cm³/mol. The minimum atomic E-state index is 0.742. The Morgan fingerprint density at radius 1 is 1.00 bits per heavy atom. The van der Waals surface area contributed by atoms with Gasteiger partial charge in [-0.15, -0.1) is 0 Å². The van der Waals surface area contributed by atoms with Gasteiger partial charge in [-0.1, -0.05) is 40.5 Å². The Bertz CT molecular complexity index is 549. The van der Waals surface area contributed by atoms with Gasteiger partial charge in [0.05, 0.1) is 6.61 Å². The Kier molecular flexibility index (Phi) is 5.48. The molecular formula is C17H19BrO2. The van der Waals surface area contributed by atoms with Crippen LogP contribution in [0.4, 0.5) is 0 Å². The summed E-state index contributed by atoms with van der Waals surface area (Å²) in [5, 5.41) is 0.779. The van der Waals surface area contributed by atoms with E-state index in [1.54, 1.807) is 0 Å². The molecule has 0 N–H and O–H groups in total. The highest BCUT2D eigenvalue weighted by Gasteiger charge is 2.04. The molecule has 0 aliphatic carbocycles. The molecule has 0 unspecified atom stereocenters. The van der Waals surface area contributed by atoms with Gasteiger partial charge in [0.15, 0.2) is 0 Å². The van der Waals surface area contributed by atoms with Crippen LogP contribution in [-0.2, 0) is 5.33 Å². The number of aryl methyl sites for hydroxylation is 1. The summed E-state index contributed by atoms with van der Waals surface area (Å²) in [6, 6.07) is 13.9. The lowest BCUT2D eigenvalue weighted by Gasteiger charge is -2.11. The molecule has 0 saturated carbocycles. The first-order chi connectivity index (χ1) is 9.72. The molecule has 2 aromatic carbocycles. The zero-order chi connectivity index (χ0) is 14.4. The van der Waals surface area contributed by atoms with Crippen LogP contribution in [0.25, 0.3) is 0 Å². The molecule has 0 aromatic heterocycles. The highest BCUT2D eigenvalue weighted by atomic mass is 79.9. The first kappa shape index (κ1) is 14.9. The van der Waals surface area contributed by atoms with Gasteiger partial charge in [0.25, 0.3) is 0 Å². The van der Waals surface area contributed by atoms with Crippen LogP contribution in [0.2, 0.25) is 0 Å². The Morgan fingerprint density at radius 2 is 1.70 bits per heavy atom. The summed E-state index contributed by atoms with van der Waals surface area (Å²) in [7, 11) is 0. The molecule has 0 radical (unpaired) electrons. The van der Waals surface area contributed by atoms with E-state index < -0.39 is 0 Å². The fraction of sp³-hybridized carbons (Fsp3) is 0.294. The molecule has 0 saturated heterocycles. The van der Waals surface area contributed by atoms with Gasteiger partial charge in [-0.3, -0.25) is 0 Å². The second-order valence-corrected chi connectivity index (χ2v) is 5.23. The summed E-state index contributed by atoms with van der Waals surface area (Å²) in [5.74, 6) is 2.58. The van der Waals surface area contributed by atoms with E-state index in [1.807, 2.05) is 30.3 Å². The van der Waals surface area contributed by atoms with Crippen LogP contribution >= 0.6 is 15.9 Å². The van der Waals surface area contributed by atoms with E-state index in [-0.39, 0.29) is 0 Å². The number of hydrogen-bond donors (Lipinski definition) is 0. The molecule has 0 fully saturated rings. The summed E-state index contributed by atoms with van der Waals surface area (Å²) in [6.07, 6.45) is 1.01. The lowest BCUT2D eigenvalue weighted by Crippen LogP contribution is -1.95. The molecule has 0 amide bonds. The summed E-state index contributed by atoms with van der Waals surface area (Å²) in [4.78, 5) is 0. The van der Waals surface area contributed by atoms with Gasteiger partial charge in [0, 0.05) is 10.9 Å². The molecular weight excluding hydrogens is 316 g/mol. The maximum Gasteiger partial charge on any atom is 0.131 e. The van der Waals surface area contributed by atoms with Crippen LogP contribution in [0, 0.1) is 6.92 Å². The summed E-state index contributed by atoms with van der Waals surface area (Å²) >= 11 is 3.50. The topological polar surface area (TPSA) is 18.5 Å². The number of alkyl halides is 1. The summed E-state index contributed by atoms with van der Waals surface area (Å²) in [6.45, 7) is 4.92. The van der Waals surface area contributed by atoms with E-state index in [4.69, 9.17) is 9.47 Å². The van der Waals surface area contributed by atoms with Gasteiger partial charge in [0.1, 0.15) is 17.2 Å². The zero-order valence-corrected chi connectivity index (χ0v) is 13.4. The predicted octanol–water partition coefficient (Wildman–Crippen LogP) is 5.47. The molecule has 0 aliphatic rings. The third kappa shape index (κ3) is 4.01. The highest BCUT2D eigenvalue weighted by molar-refractivity contribution is 9.08. The highest BCUT2D eigenvalue weighted by Crippen LogP contribution is 2.29. The standard InChI is InChI=1S/C17H19BrO2/c1-3-10-19-15-5-7-16(8-6-15)20-17-9-4-13(2)11-14(17)12-18/h4-9,11H,3,10,12H2,1-2H3. The minimum Gasteiger partial charge on any atom is -0.494 e. The molecule has 106 valence electrons. The van der Waals surface area contributed by atoms with Gasteiger partial charge in [-0.2, -0.15) is 0 Å². The van der Waals surface area contributed by atoms with Crippen molar-refractivity contribution in [2.75, 3.05) is 6.61 Å². The summed E-state index contributed by atoms with van der Waals surface area (Å²) in [5.41, 5.74) is 2.38. The van der Waals surface area contributed by atoms with E-state index in [9.17, 15) is 0 Å². The van der Waals surface area contributed by atoms with Gasteiger partial charge in [-0.25, -0.2) is 0 Å². The van der Waals surface area contributed by atoms with Crippen LogP contribution < -0.4 is 9.47 Å². The molecule has 3 heteroatoms. The van der Waals surface area contributed by atoms with Crippen molar-refractivity contribution in [2.24, 2.45) is 0 Å². The molecule has 0 atom stereocenters. The van der Waals surface area contributed by atoms with Crippen molar-refractivity contribution >= 4 is 15.9 Å². The molecule has 0 heterocycles. The monoisotopic (exact) mass is 334 g/mol. The van der Waals surface area contributed by atoms with E-state index in [0.717, 1.165) is 41.2 Å². The number of rotatable bonds is 6. The second kappa shape index (κ2) is 7.34. The molecule has 0 aliphatic heterocycles. The Hall–Kier alpha value is -1.48. The van der Waals surface area contributed by atoms with E-state index in [2.05, 4.69) is 41.9 Å². The quantitative estimate of drug-likeness (QED) is 0.652. The third-order valence-corrected chi connectivity index (χ3v) is 3.49. The fourth-order valence-corrected chi connectivity index (χ4v) is 2.30. The van der Waals surface area contributed by atoms with Crippen molar-refractivity contribution in [1.29, 1.82) is 0 Å². The van der Waals surface area contributed by atoms with Crippen molar-refractivity contribution < 1.29 is 9.47 Å². The van der Waals surface area contributed by atoms with Crippen LogP contribution in [0.3, 0.4) is 0 Å². The molecule has 0 bridgehead atoms. The lowest BCUT2D eigenvalue weighted by molar-refractivity contribution is 0.317. The normalized spacial score (nSPS) is 10.3. The number of ether oxygens (including phenoxy) is 2. The van der Waals surface area contributed by atoms with Crippen molar-refractivity contribution in [3.05, 3.63) is 53.6 Å². The van der Waals surface area contributed by atoms with E-state index >= 15 is 0 Å². The largest absolute Gasteiger partial charge is 0.494 e. The molecule has 2 rings (SSSR count). The second-order valence-electron chi connectivity index (χ2n) is 4.67. The van der Waals surface area contributed by atoms with Gasteiger partial charge < -0.3 is 9.47 Å². The van der Waals surface area contributed by atoms with Crippen LogP contribution in [0.15, 0.2) is 42.5 Å². The molecule has 20 heavy (non-hydrogen) atoms. The summed E-state index contributed by atoms with van der Waals surface area (Å²) < 4.78 is 11.5. The van der Waals surface area contributed by atoms with E-state index in [1.165, 1.54) is 5.56 Å². The third-order valence-electron chi connectivity index (χ3n) is 2.88. The fourth-order valence-electron chi connectivity index (χ4n) is 1.86. The molecule has 2 nitrogen and oxygen atoms in total. The average molecular weight is 335 g/mol. The first-order valence-corrected chi connectivity index (χ1v) is 7.91. The Morgan fingerprint density at radius 3 is 2.35 bits per heavy atom. The van der Waals surface area contributed by atoms with Gasteiger partial charge in [0.2, 0.25) is 0 Å². The Labute approximate surface area is 128 Å². The van der Waals surface area contributed by atoms with E-state index in [0.29, 0.717) is 0 Å².